The number of aliphatic carboxylic acids is 1. The quantitative estimate of drug-likeness (QED) is 0.140. The first kappa shape index (κ1) is 33.8. The molecule has 42 heavy (non-hydrogen) atoms. The van der Waals surface area contributed by atoms with E-state index in [0.717, 1.165) is 0 Å². The molecule has 1 aromatic rings. The molecule has 1 aromatic carbocycles. The number of rotatable bonds is 16. The molecule has 1 aliphatic rings. The van der Waals surface area contributed by atoms with E-state index in [9.17, 15) is 33.9 Å². The zero-order valence-electron chi connectivity index (χ0n) is 24.1. The molecule has 1 fully saturated rings. The minimum Gasteiger partial charge on any atom is -0.481 e. The molecule has 1 saturated heterocycles. The molecule has 1 aliphatic heterocycles. The molecule has 0 radical (unpaired) electrons. The Kier molecular flexibility index (Phi) is 14.0. The Balaban J connectivity index is 2.13. The summed E-state index contributed by atoms with van der Waals surface area (Å²) < 4.78 is 10.0. The van der Waals surface area contributed by atoms with E-state index < -0.39 is 54.4 Å². The van der Waals surface area contributed by atoms with Crippen LogP contribution in [0.3, 0.4) is 0 Å². The van der Waals surface area contributed by atoms with Crippen LogP contribution in [-0.2, 0) is 40.1 Å². The smallest absolute Gasteiger partial charge is 0.408 e. The van der Waals surface area contributed by atoms with Gasteiger partial charge in [0.05, 0.1) is 13.0 Å². The fourth-order valence-electron chi connectivity index (χ4n) is 4.30. The second kappa shape index (κ2) is 17.4. The van der Waals surface area contributed by atoms with E-state index in [1.807, 2.05) is 13.8 Å². The first-order valence-electron chi connectivity index (χ1n) is 13.9. The third-order valence-corrected chi connectivity index (χ3v) is 6.32. The van der Waals surface area contributed by atoms with Crippen molar-refractivity contribution in [2.75, 3.05) is 13.2 Å². The van der Waals surface area contributed by atoms with Crippen molar-refractivity contribution in [1.82, 2.24) is 21.3 Å². The predicted octanol–water partition coefficient (Wildman–Crippen LogP) is 1.42. The number of alkyl carbamates (subject to hydrolysis) is 1. The van der Waals surface area contributed by atoms with Crippen LogP contribution in [0.2, 0.25) is 0 Å². The van der Waals surface area contributed by atoms with E-state index in [0.29, 0.717) is 18.5 Å². The molecule has 0 aliphatic carbocycles. The summed E-state index contributed by atoms with van der Waals surface area (Å²) in [7, 11) is 0. The average Bonchev–Trinajstić information content (AvgIpc) is 3.33. The van der Waals surface area contributed by atoms with Gasteiger partial charge < -0.3 is 35.8 Å². The maximum atomic E-state index is 13.4. The van der Waals surface area contributed by atoms with Crippen LogP contribution in [0.4, 0.5) is 4.79 Å². The number of amides is 4. The van der Waals surface area contributed by atoms with E-state index in [1.165, 1.54) is 12.2 Å². The molecule has 0 bridgehead atoms. The third-order valence-electron chi connectivity index (χ3n) is 6.32. The summed E-state index contributed by atoms with van der Waals surface area (Å²) in [6.45, 7) is 5.90. The summed E-state index contributed by atoms with van der Waals surface area (Å²) in [5.41, 5.74) is 0.696. The Labute approximate surface area is 244 Å². The number of carboxylic acids is 1. The number of nitrogens with one attached hydrogen (secondary N) is 4. The molecule has 4 atom stereocenters. The second-order valence-electron chi connectivity index (χ2n) is 10.3. The van der Waals surface area contributed by atoms with Gasteiger partial charge in [-0.3, -0.25) is 19.2 Å². The number of carbonyl (C=O) groups excluding carboxylic acids is 5. The summed E-state index contributed by atoms with van der Waals surface area (Å²) in [4.78, 5) is 74.3. The first-order chi connectivity index (χ1) is 20.0. The average molecular weight is 589 g/mol. The third kappa shape index (κ3) is 12.4. The summed E-state index contributed by atoms with van der Waals surface area (Å²) in [6, 6.07) is 5.43. The summed E-state index contributed by atoms with van der Waals surface area (Å²) in [5, 5.41) is 19.6. The molecule has 1 heterocycles. The highest BCUT2D eigenvalue weighted by Crippen LogP contribution is 2.17. The number of hydrogen-bond acceptors (Lipinski definition) is 8. The lowest BCUT2D eigenvalue weighted by Gasteiger charge is -2.26. The van der Waals surface area contributed by atoms with Gasteiger partial charge in [-0.05, 0) is 37.7 Å². The van der Waals surface area contributed by atoms with Gasteiger partial charge in [-0.1, -0.05) is 50.3 Å². The summed E-state index contributed by atoms with van der Waals surface area (Å²) >= 11 is 0. The molecule has 4 amide bonds. The number of hydrogen-bond donors (Lipinski definition) is 5. The van der Waals surface area contributed by atoms with Crippen LogP contribution in [0.5, 0.6) is 0 Å². The highest BCUT2D eigenvalue weighted by atomic mass is 16.5. The second-order valence-corrected chi connectivity index (χ2v) is 10.3. The molecule has 0 aromatic heterocycles. The number of benzene rings is 1. The van der Waals surface area contributed by atoms with Gasteiger partial charge in [-0.25, -0.2) is 9.59 Å². The number of carboxylic acid groups (broad SMARTS) is 1. The molecule has 0 saturated carbocycles. The van der Waals surface area contributed by atoms with Crippen LogP contribution in [0, 0.1) is 11.8 Å². The van der Waals surface area contributed by atoms with Crippen molar-refractivity contribution in [1.29, 1.82) is 0 Å². The summed E-state index contributed by atoms with van der Waals surface area (Å²) in [6.07, 6.45) is 1.83. The maximum absolute atomic E-state index is 13.4. The SMILES string of the molecule is CCOC(=O)C=C[C@H](CC1CCNC1=O)NC(=O)[C@H](CC(C)C)NC(=O)[C@H](CC(=O)O)NC(=O)OCc1ccccc1. The highest BCUT2D eigenvalue weighted by molar-refractivity contribution is 5.93. The van der Waals surface area contributed by atoms with Crippen molar-refractivity contribution < 1.29 is 43.3 Å². The Hall–Kier alpha value is -4.42. The van der Waals surface area contributed by atoms with Crippen molar-refractivity contribution in [3.63, 3.8) is 0 Å². The van der Waals surface area contributed by atoms with Crippen molar-refractivity contribution in [3.8, 4) is 0 Å². The molecule has 230 valence electrons. The van der Waals surface area contributed by atoms with Crippen LogP contribution in [0.1, 0.15) is 52.0 Å². The first-order valence-corrected chi connectivity index (χ1v) is 13.9. The monoisotopic (exact) mass is 588 g/mol. The van der Waals surface area contributed by atoms with E-state index in [1.54, 1.807) is 37.3 Å². The molecular formula is C29H40N4O9. The van der Waals surface area contributed by atoms with Gasteiger partial charge in [-0.15, -0.1) is 0 Å². The van der Waals surface area contributed by atoms with E-state index in [2.05, 4.69) is 21.3 Å². The lowest BCUT2D eigenvalue weighted by molar-refractivity contribution is -0.140. The lowest BCUT2D eigenvalue weighted by Crippen LogP contribution is -2.55. The Morgan fingerprint density at radius 2 is 1.71 bits per heavy atom. The van der Waals surface area contributed by atoms with Gasteiger partial charge in [0.15, 0.2) is 0 Å². The fourth-order valence-corrected chi connectivity index (χ4v) is 4.30. The lowest BCUT2D eigenvalue weighted by atomic mass is 9.97. The zero-order chi connectivity index (χ0) is 31.1. The Morgan fingerprint density at radius 3 is 2.31 bits per heavy atom. The van der Waals surface area contributed by atoms with E-state index >= 15 is 0 Å². The molecule has 13 heteroatoms. The van der Waals surface area contributed by atoms with Gasteiger partial charge >= 0.3 is 18.0 Å². The van der Waals surface area contributed by atoms with Gasteiger partial charge in [-0.2, -0.15) is 0 Å². The number of ether oxygens (including phenoxy) is 2. The normalized spacial score (nSPS) is 16.7. The van der Waals surface area contributed by atoms with Crippen LogP contribution in [0.25, 0.3) is 0 Å². The van der Waals surface area contributed by atoms with Crippen molar-refractivity contribution in [3.05, 3.63) is 48.0 Å². The minimum absolute atomic E-state index is 0.0584. The Bertz CT molecular complexity index is 1120. The van der Waals surface area contributed by atoms with Crippen LogP contribution in [-0.4, -0.2) is 72.1 Å². The topological polar surface area (TPSA) is 189 Å². The van der Waals surface area contributed by atoms with Crippen molar-refractivity contribution in [2.24, 2.45) is 11.8 Å². The molecular weight excluding hydrogens is 548 g/mol. The van der Waals surface area contributed by atoms with Gasteiger partial charge in [0.1, 0.15) is 18.7 Å². The highest BCUT2D eigenvalue weighted by Gasteiger charge is 2.32. The van der Waals surface area contributed by atoms with Crippen molar-refractivity contribution in [2.45, 2.75) is 71.2 Å². The van der Waals surface area contributed by atoms with Crippen LogP contribution in [0.15, 0.2) is 42.5 Å². The van der Waals surface area contributed by atoms with Crippen LogP contribution < -0.4 is 21.3 Å². The minimum atomic E-state index is -1.52. The predicted molar refractivity (Wildman–Crippen MR) is 151 cm³/mol. The van der Waals surface area contributed by atoms with Crippen molar-refractivity contribution >= 4 is 35.8 Å². The standard InChI is InChI=1S/C29H40N4O9/c1-4-41-25(36)11-10-21(15-20-12-13-30-26(20)37)31-27(38)22(14-18(2)3)32-28(39)23(16-24(34)35)33-29(40)42-17-19-8-6-5-7-9-19/h5-11,18,20-23H,4,12-17H2,1-3H3,(H,30,37)(H,31,38)(H,32,39)(H,33,40)(H,34,35)/t20?,21-,22+,23+/m1/s1. The molecule has 1 unspecified atom stereocenters. The summed E-state index contributed by atoms with van der Waals surface area (Å²) in [5.74, 6) is -4.04. The Morgan fingerprint density at radius 1 is 1.02 bits per heavy atom. The fraction of sp³-hybridized carbons (Fsp3) is 0.517. The van der Waals surface area contributed by atoms with E-state index in [-0.39, 0.29) is 43.8 Å². The van der Waals surface area contributed by atoms with Gasteiger partial charge in [0.25, 0.3) is 0 Å². The number of esters is 1. The van der Waals surface area contributed by atoms with Gasteiger partial charge in [0.2, 0.25) is 17.7 Å². The molecule has 13 nitrogen and oxygen atoms in total. The maximum Gasteiger partial charge on any atom is 0.408 e. The molecule has 0 spiro atoms. The number of carbonyl (C=O) groups is 6. The largest absolute Gasteiger partial charge is 0.481 e. The van der Waals surface area contributed by atoms with E-state index in [4.69, 9.17) is 9.47 Å². The molecule has 2 rings (SSSR count). The van der Waals surface area contributed by atoms with Crippen LogP contribution >= 0.6 is 0 Å². The zero-order valence-corrected chi connectivity index (χ0v) is 24.1. The van der Waals surface area contributed by atoms with Gasteiger partial charge in [0, 0.05) is 24.6 Å². The molecule has 5 N–H and O–H groups in total.